The van der Waals surface area contributed by atoms with Crippen LogP contribution in [0.2, 0.25) is 0 Å². The van der Waals surface area contributed by atoms with Gasteiger partial charge >= 0.3 is 6.09 Å². The number of para-hydroxylation sites is 2. The van der Waals surface area contributed by atoms with Gasteiger partial charge in [0.2, 0.25) is 31.9 Å². The van der Waals surface area contributed by atoms with Crippen molar-refractivity contribution in [2.75, 3.05) is 13.1 Å². The minimum absolute atomic E-state index is 0.0750. The maximum Gasteiger partial charge on any atom is 0.408 e. The lowest BCUT2D eigenvalue weighted by Crippen LogP contribution is -2.66. The van der Waals surface area contributed by atoms with Crippen molar-refractivity contribution in [3.05, 3.63) is 145 Å². The monoisotopic (exact) mass is 1000 g/mol. The van der Waals surface area contributed by atoms with E-state index in [0.717, 1.165) is 0 Å². The number of aliphatic hydroxyl groups is 2. The highest BCUT2D eigenvalue weighted by atomic mass is 32.2. The molecule has 18 nitrogen and oxygen atoms in total. The highest BCUT2D eigenvalue weighted by Gasteiger charge is 2.40. The Bertz CT molecular complexity index is 2650. The van der Waals surface area contributed by atoms with Gasteiger partial charge in [0.25, 0.3) is 0 Å². The number of amides is 3. The number of nitrogens with two attached hydrogens (primary N) is 1. The first-order valence-electron chi connectivity index (χ1n) is 22.6. The summed E-state index contributed by atoms with van der Waals surface area (Å²) in [5, 5.41) is 31.5. The summed E-state index contributed by atoms with van der Waals surface area (Å²) in [5.74, 6) is -0.170. The lowest BCUT2D eigenvalue weighted by Gasteiger charge is -2.36. The Kier molecular flexibility index (Phi) is 20.3. The fraction of sp³-hybridized carbons (Fsp3) is 0.340. The Morgan fingerprint density at radius 3 is 1.51 bits per heavy atom. The number of carbonyl (C=O) groups excluding carboxylic acids is 3. The van der Waals surface area contributed by atoms with Crippen LogP contribution in [0, 0.1) is 11.8 Å². The molecule has 70 heavy (non-hydrogen) atoms. The zero-order valence-corrected chi connectivity index (χ0v) is 40.9. The minimum Gasteiger partial charge on any atom is -0.457 e. The van der Waals surface area contributed by atoms with E-state index in [1.165, 1.54) is 48.5 Å². The molecule has 0 aliphatic carbocycles. The van der Waals surface area contributed by atoms with E-state index in [1.54, 1.807) is 84.9 Å². The molecule has 0 heterocycles. The summed E-state index contributed by atoms with van der Waals surface area (Å²) < 4.78 is 77.4. The van der Waals surface area contributed by atoms with Crippen LogP contribution >= 0.6 is 0 Å². The third kappa shape index (κ3) is 17.2. The molecule has 5 aromatic carbocycles. The summed E-state index contributed by atoms with van der Waals surface area (Å²) >= 11 is 0. The van der Waals surface area contributed by atoms with E-state index in [0.29, 0.717) is 28.6 Å². The molecule has 0 saturated carbocycles. The van der Waals surface area contributed by atoms with Gasteiger partial charge < -0.3 is 46.1 Å². The van der Waals surface area contributed by atoms with Crippen molar-refractivity contribution in [1.82, 2.24) is 25.4 Å². The summed E-state index contributed by atoms with van der Waals surface area (Å²) in [5.41, 5.74) is 6.95. The van der Waals surface area contributed by atoms with Gasteiger partial charge in [-0.15, -0.1) is 0 Å². The third-order valence-corrected chi connectivity index (χ3v) is 13.5. The lowest BCUT2D eigenvalue weighted by molar-refractivity contribution is -0.126. The number of nitrogens with one attached hydrogen (secondary N) is 5. The van der Waals surface area contributed by atoms with Crippen molar-refractivity contribution in [2.24, 2.45) is 17.6 Å². The summed E-state index contributed by atoms with van der Waals surface area (Å²) in [6.07, 6.45) is -4.50. The van der Waals surface area contributed by atoms with E-state index in [1.807, 2.05) is 33.8 Å². The molecule has 376 valence electrons. The summed E-state index contributed by atoms with van der Waals surface area (Å²) in [7, 11) is -9.05. The van der Waals surface area contributed by atoms with Crippen molar-refractivity contribution in [3.8, 4) is 23.0 Å². The van der Waals surface area contributed by atoms with E-state index >= 15 is 0 Å². The van der Waals surface area contributed by atoms with E-state index in [4.69, 9.17) is 19.9 Å². The van der Waals surface area contributed by atoms with Crippen LogP contribution < -0.4 is 40.6 Å². The van der Waals surface area contributed by atoms with Crippen molar-refractivity contribution < 1.29 is 55.6 Å². The van der Waals surface area contributed by atoms with Gasteiger partial charge in [-0.25, -0.2) is 31.1 Å². The van der Waals surface area contributed by atoms with Crippen molar-refractivity contribution in [3.63, 3.8) is 0 Å². The van der Waals surface area contributed by atoms with Gasteiger partial charge in [0.05, 0.1) is 40.1 Å². The maximum absolute atomic E-state index is 14.3. The molecule has 0 bridgehead atoms. The SMILES string of the molecule is CC(C)C[C@H](NC(=O)OCc1ccccc1)C(=O)NCC(O)C(NS(=O)(=O)c1ccc(Oc2ccccc2)cc1)C(NC(=O)[C@@H](N)CC(C)C)C(O)CNS(=O)(=O)c1ccc(Oc2ccccc2)cc1. The standard InChI is InChI=1S/C50H62N6O12S2/c1-33(2)28-42(51)48(59)55-46(45(58)31-53-69(62,63)40-24-20-38(21-25-40)67-36-16-10-6-11-17-36)47(56-70(64,65)41-26-22-39(23-27-41)68-37-18-12-7-13-19-37)44(57)30-52-49(60)43(29-34(3)4)54-50(61)66-32-35-14-8-5-9-15-35/h5-27,33-34,42-47,53,56-58H,28-32,51H2,1-4H3,(H,52,60)(H,54,61)(H,55,59)/t42-,43-,44?,45?,46?,47?/m0/s1. The maximum atomic E-state index is 14.3. The first-order valence-corrected chi connectivity index (χ1v) is 25.6. The van der Waals surface area contributed by atoms with Gasteiger partial charge in [-0.3, -0.25) is 9.59 Å². The van der Waals surface area contributed by atoms with Gasteiger partial charge in [0.15, 0.2) is 0 Å². The van der Waals surface area contributed by atoms with Crippen LogP contribution in [-0.4, -0.2) is 94.4 Å². The number of sulfonamides is 2. The van der Waals surface area contributed by atoms with E-state index < -0.39 is 87.4 Å². The number of hydrogen-bond acceptors (Lipinski definition) is 13. The number of aliphatic hydroxyl groups excluding tert-OH is 2. The summed E-state index contributed by atoms with van der Waals surface area (Å²) in [4.78, 5) is 39.8. The molecule has 20 heteroatoms. The van der Waals surface area contributed by atoms with Crippen LogP contribution in [0.5, 0.6) is 23.0 Å². The lowest BCUT2D eigenvalue weighted by atomic mass is 9.96. The van der Waals surface area contributed by atoms with Crippen LogP contribution in [0.15, 0.2) is 149 Å². The largest absolute Gasteiger partial charge is 0.457 e. The quantitative estimate of drug-likeness (QED) is 0.0366. The second-order valence-electron chi connectivity index (χ2n) is 17.3. The Hall–Kier alpha value is -6.39. The molecule has 0 spiro atoms. The van der Waals surface area contributed by atoms with Gasteiger partial charge in [0.1, 0.15) is 35.6 Å². The number of carbonyl (C=O) groups is 3. The van der Waals surface area contributed by atoms with Gasteiger partial charge in [-0.1, -0.05) is 94.4 Å². The van der Waals surface area contributed by atoms with Gasteiger partial charge in [-0.05, 0) is 103 Å². The third-order valence-electron chi connectivity index (χ3n) is 10.6. The first-order chi connectivity index (χ1) is 33.3. The zero-order chi connectivity index (χ0) is 50.8. The number of ether oxygens (including phenoxy) is 3. The molecule has 5 rings (SSSR count). The predicted octanol–water partition coefficient (Wildman–Crippen LogP) is 4.93. The molecule has 0 aliphatic heterocycles. The molecular weight excluding hydrogens is 941 g/mol. The number of rotatable bonds is 26. The highest BCUT2D eigenvalue weighted by Crippen LogP contribution is 2.25. The smallest absolute Gasteiger partial charge is 0.408 e. The van der Waals surface area contributed by atoms with Crippen LogP contribution in [0.1, 0.15) is 46.1 Å². The second-order valence-corrected chi connectivity index (χ2v) is 20.8. The topological polar surface area (TPSA) is 274 Å². The normalized spacial score (nSPS) is 14.4. The summed E-state index contributed by atoms with van der Waals surface area (Å²) in [6, 6.07) is 31.1. The minimum atomic E-state index is -4.67. The van der Waals surface area contributed by atoms with Crippen LogP contribution in [0.3, 0.4) is 0 Å². The fourth-order valence-corrected chi connectivity index (χ4v) is 9.39. The molecule has 6 atom stereocenters. The van der Waals surface area contributed by atoms with E-state index in [9.17, 15) is 41.4 Å². The number of benzene rings is 5. The molecule has 5 aromatic rings. The zero-order valence-electron chi connectivity index (χ0n) is 39.3. The van der Waals surface area contributed by atoms with Gasteiger partial charge in [-0.2, -0.15) is 0 Å². The molecule has 0 fully saturated rings. The average Bonchev–Trinajstić information content (AvgIpc) is 3.33. The van der Waals surface area contributed by atoms with Crippen molar-refractivity contribution >= 4 is 38.0 Å². The van der Waals surface area contributed by atoms with Gasteiger partial charge in [0, 0.05) is 13.1 Å². The highest BCUT2D eigenvalue weighted by molar-refractivity contribution is 7.89. The molecule has 0 aromatic heterocycles. The fourth-order valence-electron chi connectivity index (χ4n) is 7.04. The first kappa shape index (κ1) is 54.5. The number of alkyl carbamates (subject to hydrolysis) is 1. The van der Waals surface area contributed by atoms with Crippen LogP contribution in [0.4, 0.5) is 4.79 Å². The average molecular weight is 1000 g/mol. The Morgan fingerprint density at radius 1 is 0.557 bits per heavy atom. The van der Waals surface area contributed by atoms with Crippen molar-refractivity contribution in [1.29, 1.82) is 0 Å². The molecule has 4 unspecified atom stereocenters. The number of hydrogen-bond donors (Lipinski definition) is 8. The van der Waals surface area contributed by atoms with E-state index in [2.05, 4.69) is 25.4 Å². The van der Waals surface area contributed by atoms with Crippen LogP contribution in [0.25, 0.3) is 0 Å². The molecular formula is C50H62N6O12S2. The Morgan fingerprint density at radius 2 is 1.01 bits per heavy atom. The Labute approximate surface area is 409 Å². The molecule has 9 N–H and O–H groups in total. The second kappa shape index (κ2) is 26.0. The Balaban J connectivity index is 1.42. The molecule has 0 radical (unpaired) electrons. The van der Waals surface area contributed by atoms with Crippen LogP contribution in [-0.2, 0) is 41.0 Å². The predicted molar refractivity (Wildman–Crippen MR) is 263 cm³/mol. The van der Waals surface area contributed by atoms with E-state index in [-0.39, 0.29) is 41.1 Å². The molecule has 3 amide bonds. The summed E-state index contributed by atoms with van der Waals surface area (Å²) in [6.45, 7) is 5.68. The molecule has 0 aliphatic rings. The van der Waals surface area contributed by atoms with Crippen molar-refractivity contribution in [2.45, 2.75) is 93.3 Å². The molecule has 0 saturated heterocycles.